The number of hydrogen-bond donors (Lipinski definition) is 2. The topological polar surface area (TPSA) is 75.4 Å². The van der Waals surface area contributed by atoms with Gasteiger partial charge in [-0.2, -0.15) is 0 Å². The number of amides is 3. The van der Waals surface area contributed by atoms with E-state index < -0.39 is 6.03 Å². The molecule has 1 unspecified atom stereocenters. The molecule has 5 heteroatoms. The van der Waals surface area contributed by atoms with Crippen molar-refractivity contribution in [2.24, 2.45) is 11.7 Å². The Morgan fingerprint density at radius 2 is 2.27 bits per heavy atom. The maximum absolute atomic E-state index is 11.5. The van der Waals surface area contributed by atoms with E-state index in [1.165, 1.54) is 0 Å². The van der Waals surface area contributed by atoms with Gasteiger partial charge in [-0.05, 0) is 18.8 Å². The second-order valence-corrected chi connectivity index (χ2v) is 3.95. The number of primary amides is 1. The van der Waals surface area contributed by atoms with E-state index in [4.69, 9.17) is 5.73 Å². The van der Waals surface area contributed by atoms with E-state index in [2.05, 4.69) is 5.32 Å². The second kappa shape index (κ2) is 5.58. The van der Waals surface area contributed by atoms with Crippen molar-refractivity contribution in [2.45, 2.75) is 26.2 Å². The van der Waals surface area contributed by atoms with E-state index in [0.717, 1.165) is 25.9 Å². The molecule has 3 amide bonds. The molecule has 0 saturated carbocycles. The van der Waals surface area contributed by atoms with Gasteiger partial charge in [0.15, 0.2) is 0 Å². The molecule has 5 nitrogen and oxygen atoms in total. The first-order valence-electron chi connectivity index (χ1n) is 5.44. The molecule has 1 aliphatic heterocycles. The minimum absolute atomic E-state index is 0.193. The average Bonchev–Trinajstić information content (AvgIpc) is 2.25. The van der Waals surface area contributed by atoms with Crippen molar-refractivity contribution in [3.63, 3.8) is 0 Å². The summed E-state index contributed by atoms with van der Waals surface area (Å²) in [5, 5.41) is 2.59. The smallest absolute Gasteiger partial charge is 0.312 e. The van der Waals surface area contributed by atoms with Crippen LogP contribution in [-0.4, -0.2) is 36.5 Å². The molecule has 1 atom stereocenters. The zero-order chi connectivity index (χ0) is 11.3. The van der Waals surface area contributed by atoms with E-state index in [1.54, 1.807) is 0 Å². The standard InChI is InChI=1S/C10H19N3O2/c1-2-9(14)13-5-3-4-8(7-13)6-12-10(11)15/h8H,2-7H2,1H3,(H3,11,12,15). The van der Waals surface area contributed by atoms with Crippen molar-refractivity contribution in [1.29, 1.82) is 0 Å². The first kappa shape index (κ1) is 11.8. The summed E-state index contributed by atoms with van der Waals surface area (Å²) >= 11 is 0. The Kier molecular flexibility index (Phi) is 4.39. The molecule has 0 bridgehead atoms. The SMILES string of the molecule is CCC(=O)N1CCCC(CNC(N)=O)C1. The Morgan fingerprint density at radius 1 is 1.53 bits per heavy atom. The van der Waals surface area contributed by atoms with E-state index in [-0.39, 0.29) is 5.91 Å². The molecule has 1 rings (SSSR count). The lowest BCUT2D eigenvalue weighted by Crippen LogP contribution is -2.44. The van der Waals surface area contributed by atoms with Gasteiger partial charge in [-0.1, -0.05) is 6.92 Å². The molecule has 0 spiro atoms. The second-order valence-electron chi connectivity index (χ2n) is 3.95. The Morgan fingerprint density at radius 3 is 2.87 bits per heavy atom. The Labute approximate surface area is 90.0 Å². The molecule has 0 radical (unpaired) electrons. The summed E-state index contributed by atoms with van der Waals surface area (Å²) in [4.78, 5) is 23.9. The third-order valence-electron chi connectivity index (χ3n) is 2.74. The van der Waals surface area contributed by atoms with Crippen LogP contribution in [0.1, 0.15) is 26.2 Å². The third kappa shape index (κ3) is 3.77. The predicted molar refractivity (Wildman–Crippen MR) is 57.2 cm³/mol. The number of nitrogens with one attached hydrogen (secondary N) is 1. The maximum atomic E-state index is 11.5. The summed E-state index contributed by atoms with van der Waals surface area (Å²) in [6.45, 7) is 4.03. The maximum Gasteiger partial charge on any atom is 0.312 e. The largest absolute Gasteiger partial charge is 0.352 e. The van der Waals surface area contributed by atoms with Gasteiger partial charge < -0.3 is 16.0 Å². The molecule has 1 heterocycles. The summed E-state index contributed by atoms with van der Waals surface area (Å²) in [7, 11) is 0. The van der Waals surface area contributed by atoms with Crippen molar-refractivity contribution in [3.8, 4) is 0 Å². The van der Waals surface area contributed by atoms with Gasteiger partial charge in [-0.25, -0.2) is 4.79 Å². The highest BCUT2D eigenvalue weighted by molar-refractivity contribution is 5.76. The number of hydrogen-bond acceptors (Lipinski definition) is 2. The van der Waals surface area contributed by atoms with Crippen molar-refractivity contribution < 1.29 is 9.59 Å². The number of rotatable bonds is 3. The molecular formula is C10H19N3O2. The van der Waals surface area contributed by atoms with Crippen LogP contribution in [-0.2, 0) is 4.79 Å². The lowest BCUT2D eigenvalue weighted by Gasteiger charge is -2.32. The molecule has 0 aliphatic carbocycles. The Bertz CT molecular complexity index is 243. The summed E-state index contributed by atoms with van der Waals surface area (Å²) in [6, 6.07) is -0.492. The molecule has 15 heavy (non-hydrogen) atoms. The van der Waals surface area contributed by atoms with Crippen LogP contribution in [0.4, 0.5) is 4.79 Å². The number of piperidine rings is 1. The van der Waals surface area contributed by atoms with Gasteiger partial charge in [0.2, 0.25) is 5.91 Å². The summed E-state index contributed by atoms with van der Waals surface area (Å²) in [5.74, 6) is 0.542. The first-order valence-corrected chi connectivity index (χ1v) is 5.44. The first-order chi connectivity index (χ1) is 7.13. The fourth-order valence-corrected chi connectivity index (χ4v) is 1.93. The third-order valence-corrected chi connectivity index (χ3v) is 2.74. The summed E-state index contributed by atoms with van der Waals surface area (Å²) in [6.07, 6.45) is 2.61. The Balaban J connectivity index is 2.35. The van der Waals surface area contributed by atoms with E-state index in [9.17, 15) is 9.59 Å². The summed E-state index contributed by atoms with van der Waals surface area (Å²) < 4.78 is 0. The quantitative estimate of drug-likeness (QED) is 0.707. The fourth-order valence-electron chi connectivity index (χ4n) is 1.93. The molecule has 0 aromatic heterocycles. The lowest BCUT2D eigenvalue weighted by atomic mass is 9.98. The normalized spacial score (nSPS) is 21.1. The fraction of sp³-hybridized carbons (Fsp3) is 0.800. The Hall–Kier alpha value is -1.26. The summed E-state index contributed by atoms with van der Waals surface area (Å²) in [5.41, 5.74) is 5.00. The monoisotopic (exact) mass is 213 g/mol. The molecule has 86 valence electrons. The van der Waals surface area contributed by atoms with Crippen molar-refractivity contribution in [2.75, 3.05) is 19.6 Å². The van der Waals surface area contributed by atoms with Gasteiger partial charge in [0.25, 0.3) is 0 Å². The molecule has 1 saturated heterocycles. The highest BCUT2D eigenvalue weighted by Gasteiger charge is 2.22. The number of nitrogens with two attached hydrogens (primary N) is 1. The van der Waals surface area contributed by atoms with Crippen molar-refractivity contribution in [3.05, 3.63) is 0 Å². The minimum Gasteiger partial charge on any atom is -0.352 e. The number of carbonyl (C=O) groups is 2. The zero-order valence-corrected chi connectivity index (χ0v) is 9.16. The molecule has 0 aromatic rings. The van der Waals surface area contributed by atoms with Crippen LogP contribution in [0, 0.1) is 5.92 Å². The highest BCUT2D eigenvalue weighted by atomic mass is 16.2. The molecular weight excluding hydrogens is 194 g/mol. The minimum atomic E-state index is -0.492. The van der Waals surface area contributed by atoms with Gasteiger partial charge in [-0.3, -0.25) is 4.79 Å². The van der Waals surface area contributed by atoms with Gasteiger partial charge >= 0.3 is 6.03 Å². The van der Waals surface area contributed by atoms with Gasteiger partial charge in [-0.15, -0.1) is 0 Å². The van der Waals surface area contributed by atoms with Crippen molar-refractivity contribution in [1.82, 2.24) is 10.2 Å². The van der Waals surface area contributed by atoms with Gasteiger partial charge in [0.05, 0.1) is 0 Å². The highest BCUT2D eigenvalue weighted by Crippen LogP contribution is 2.16. The van der Waals surface area contributed by atoms with Crippen LogP contribution in [0.3, 0.4) is 0 Å². The van der Waals surface area contributed by atoms with Crippen LogP contribution in [0.25, 0.3) is 0 Å². The predicted octanol–water partition coefficient (Wildman–Crippen LogP) is 0.303. The number of likely N-dealkylation sites (tertiary alicyclic amines) is 1. The lowest BCUT2D eigenvalue weighted by molar-refractivity contribution is -0.132. The molecule has 1 fully saturated rings. The van der Waals surface area contributed by atoms with Crippen LogP contribution in [0.2, 0.25) is 0 Å². The molecule has 0 aromatic carbocycles. The van der Waals surface area contributed by atoms with Crippen LogP contribution in [0.5, 0.6) is 0 Å². The number of carbonyl (C=O) groups excluding carboxylic acids is 2. The van der Waals surface area contributed by atoms with Gasteiger partial charge in [0.1, 0.15) is 0 Å². The number of urea groups is 1. The van der Waals surface area contributed by atoms with Gasteiger partial charge in [0, 0.05) is 26.1 Å². The zero-order valence-electron chi connectivity index (χ0n) is 9.16. The molecule has 3 N–H and O–H groups in total. The number of nitrogens with zero attached hydrogens (tertiary/aromatic N) is 1. The van der Waals surface area contributed by atoms with Crippen LogP contribution < -0.4 is 11.1 Å². The van der Waals surface area contributed by atoms with Crippen molar-refractivity contribution >= 4 is 11.9 Å². The van der Waals surface area contributed by atoms with E-state index >= 15 is 0 Å². The van der Waals surface area contributed by atoms with Crippen LogP contribution in [0.15, 0.2) is 0 Å². The average molecular weight is 213 g/mol. The van der Waals surface area contributed by atoms with E-state index in [0.29, 0.717) is 18.9 Å². The van der Waals surface area contributed by atoms with E-state index in [1.807, 2.05) is 11.8 Å². The van der Waals surface area contributed by atoms with Crippen LogP contribution >= 0.6 is 0 Å². The molecule has 1 aliphatic rings.